The van der Waals surface area contributed by atoms with E-state index in [0.29, 0.717) is 12.1 Å². The Kier molecular flexibility index (Phi) is 3.54. The average Bonchev–Trinajstić information content (AvgIpc) is 2.91. The lowest BCUT2D eigenvalue weighted by atomic mass is 10.1. The van der Waals surface area contributed by atoms with Crippen molar-refractivity contribution >= 4 is 28.3 Å². The predicted octanol–water partition coefficient (Wildman–Crippen LogP) is 3.44. The molecule has 5 heteroatoms. The van der Waals surface area contributed by atoms with Gasteiger partial charge in [0, 0.05) is 28.8 Å². The number of hydrogen-bond donors (Lipinski definition) is 2. The minimum Gasteiger partial charge on any atom is -0.409 e. The van der Waals surface area contributed by atoms with E-state index < -0.39 is 0 Å². The van der Waals surface area contributed by atoms with Crippen molar-refractivity contribution in [1.82, 2.24) is 4.57 Å². The van der Waals surface area contributed by atoms with E-state index in [1.807, 2.05) is 54.7 Å². The molecule has 0 saturated heterocycles. The van der Waals surface area contributed by atoms with Gasteiger partial charge in [0.15, 0.2) is 5.84 Å². The maximum absolute atomic E-state index is 8.79. The van der Waals surface area contributed by atoms with Gasteiger partial charge in [-0.25, -0.2) is 0 Å². The molecular formula is C16H14ClN3O. The first-order chi connectivity index (χ1) is 10.2. The Morgan fingerprint density at radius 1 is 1.19 bits per heavy atom. The van der Waals surface area contributed by atoms with Gasteiger partial charge >= 0.3 is 0 Å². The molecule has 106 valence electrons. The second-order valence-corrected chi connectivity index (χ2v) is 5.20. The SMILES string of the molecule is N/C(=N/O)c1ccc2ccn(Cc3ccccc3Cl)c2c1. The van der Waals surface area contributed by atoms with Crippen molar-refractivity contribution in [2.24, 2.45) is 10.9 Å². The zero-order valence-electron chi connectivity index (χ0n) is 11.2. The van der Waals surface area contributed by atoms with Crippen LogP contribution in [0.25, 0.3) is 10.9 Å². The van der Waals surface area contributed by atoms with Crippen LogP contribution in [0.4, 0.5) is 0 Å². The monoisotopic (exact) mass is 299 g/mol. The highest BCUT2D eigenvalue weighted by Gasteiger charge is 2.07. The number of oxime groups is 1. The number of amidine groups is 1. The molecule has 0 spiro atoms. The third kappa shape index (κ3) is 2.58. The molecule has 0 bridgehead atoms. The lowest BCUT2D eigenvalue weighted by Crippen LogP contribution is -2.13. The van der Waals surface area contributed by atoms with Gasteiger partial charge in [-0.15, -0.1) is 0 Å². The van der Waals surface area contributed by atoms with E-state index >= 15 is 0 Å². The number of nitrogens with zero attached hydrogens (tertiary/aromatic N) is 2. The largest absolute Gasteiger partial charge is 0.409 e. The second kappa shape index (κ2) is 5.50. The Hall–Kier alpha value is -2.46. The van der Waals surface area contributed by atoms with Crippen LogP contribution < -0.4 is 5.73 Å². The summed E-state index contributed by atoms with van der Waals surface area (Å²) in [7, 11) is 0. The maximum Gasteiger partial charge on any atom is 0.170 e. The molecule has 0 aliphatic rings. The first-order valence-corrected chi connectivity index (χ1v) is 6.87. The zero-order valence-corrected chi connectivity index (χ0v) is 12.0. The number of hydrogen-bond acceptors (Lipinski definition) is 2. The van der Waals surface area contributed by atoms with E-state index in [1.54, 1.807) is 0 Å². The maximum atomic E-state index is 8.79. The quantitative estimate of drug-likeness (QED) is 0.337. The lowest BCUT2D eigenvalue weighted by molar-refractivity contribution is 0.318. The van der Waals surface area contributed by atoms with Crippen molar-refractivity contribution in [3.8, 4) is 0 Å². The Labute approximate surface area is 127 Å². The van der Waals surface area contributed by atoms with Crippen molar-refractivity contribution in [2.45, 2.75) is 6.54 Å². The molecule has 21 heavy (non-hydrogen) atoms. The summed E-state index contributed by atoms with van der Waals surface area (Å²) < 4.78 is 2.09. The Balaban J connectivity index is 2.05. The summed E-state index contributed by atoms with van der Waals surface area (Å²) in [5, 5.41) is 13.7. The van der Waals surface area contributed by atoms with Crippen LogP contribution in [0.1, 0.15) is 11.1 Å². The van der Waals surface area contributed by atoms with Crippen LogP contribution in [-0.4, -0.2) is 15.6 Å². The molecule has 0 unspecified atom stereocenters. The summed E-state index contributed by atoms with van der Waals surface area (Å²) in [6.07, 6.45) is 2.00. The smallest absolute Gasteiger partial charge is 0.170 e. The van der Waals surface area contributed by atoms with Gasteiger partial charge in [0.2, 0.25) is 0 Å². The molecule has 0 aliphatic carbocycles. The van der Waals surface area contributed by atoms with Crippen LogP contribution in [-0.2, 0) is 6.54 Å². The Morgan fingerprint density at radius 3 is 2.76 bits per heavy atom. The minimum absolute atomic E-state index is 0.0994. The second-order valence-electron chi connectivity index (χ2n) is 4.79. The van der Waals surface area contributed by atoms with Gasteiger partial charge in [0.1, 0.15) is 0 Å². The van der Waals surface area contributed by atoms with Gasteiger partial charge in [-0.3, -0.25) is 0 Å². The number of aromatic nitrogens is 1. The molecule has 0 aliphatic heterocycles. The fraction of sp³-hybridized carbons (Fsp3) is 0.0625. The number of nitrogens with two attached hydrogens (primary N) is 1. The summed E-state index contributed by atoms with van der Waals surface area (Å²) in [6, 6.07) is 15.5. The summed E-state index contributed by atoms with van der Waals surface area (Å²) in [5.74, 6) is 0.0994. The van der Waals surface area contributed by atoms with Crippen LogP contribution in [0, 0.1) is 0 Å². The number of fused-ring (bicyclic) bond motifs is 1. The number of halogens is 1. The van der Waals surface area contributed by atoms with E-state index in [-0.39, 0.29) is 5.84 Å². The highest BCUT2D eigenvalue weighted by molar-refractivity contribution is 6.31. The zero-order chi connectivity index (χ0) is 14.8. The molecule has 3 aromatic rings. The van der Waals surface area contributed by atoms with Crippen molar-refractivity contribution < 1.29 is 5.21 Å². The summed E-state index contributed by atoms with van der Waals surface area (Å²) in [4.78, 5) is 0. The average molecular weight is 300 g/mol. The first-order valence-electron chi connectivity index (χ1n) is 6.49. The van der Waals surface area contributed by atoms with E-state index in [1.165, 1.54) is 0 Å². The van der Waals surface area contributed by atoms with E-state index in [4.69, 9.17) is 22.5 Å². The molecule has 0 saturated carbocycles. The van der Waals surface area contributed by atoms with Crippen LogP contribution >= 0.6 is 11.6 Å². The topological polar surface area (TPSA) is 63.5 Å². The fourth-order valence-corrected chi connectivity index (χ4v) is 2.54. The highest BCUT2D eigenvalue weighted by Crippen LogP contribution is 2.22. The van der Waals surface area contributed by atoms with Crippen molar-refractivity contribution in [3.63, 3.8) is 0 Å². The third-order valence-electron chi connectivity index (χ3n) is 3.48. The van der Waals surface area contributed by atoms with Crippen LogP contribution in [0.2, 0.25) is 5.02 Å². The summed E-state index contributed by atoms with van der Waals surface area (Å²) >= 11 is 6.21. The van der Waals surface area contributed by atoms with Gasteiger partial charge in [-0.2, -0.15) is 0 Å². The van der Waals surface area contributed by atoms with E-state index in [2.05, 4.69) is 9.72 Å². The summed E-state index contributed by atoms with van der Waals surface area (Å²) in [6.45, 7) is 0.669. The van der Waals surface area contributed by atoms with Gasteiger partial charge in [-0.1, -0.05) is 47.1 Å². The van der Waals surface area contributed by atoms with E-state index in [9.17, 15) is 0 Å². The number of rotatable bonds is 3. The molecule has 2 aromatic carbocycles. The van der Waals surface area contributed by atoms with Crippen LogP contribution in [0.15, 0.2) is 59.9 Å². The normalized spacial score (nSPS) is 12.0. The standard InChI is InChI=1S/C16H14ClN3O/c17-14-4-2-1-3-13(14)10-20-8-7-11-5-6-12(9-15(11)20)16(18)19-21/h1-9,21H,10H2,(H2,18,19). The Bertz CT molecular complexity index is 823. The molecule has 4 nitrogen and oxygen atoms in total. The fourth-order valence-electron chi connectivity index (χ4n) is 2.35. The van der Waals surface area contributed by atoms with Crippen LogP contribution in [0.5, 0.6) is 0 Å². The molecule has 0 atom stereocenters. The molecule has 0 amide bonds. The molecule has 0 fully saturated rings. The first kappa shape index (κ1) is 13.5. The molecule has 1 aromatic heterocycles. The van der Waals surface area contributed by atoms with E-state index in [0.717, 1.165) is 21.5 Å². The van der Waals surface area contributed by atoms with Crippen molar-refractivity contribution in [1.29, 1.82) is 0 Å². The number of benzene rings is 2. The molecule has 3 N–H and O–H groups in total. The highest BCUT2D eigenvalue weighted by atomic mass is 35.5. The Morgan fingerprint density at radius 2 is 2.00 bits per heavy atom. The van der Waals surface area contributed by atoms with Gasteiger partial charge in [0.25, 0.3) is 0 Å². The molecule has 3 rings (SSSR count). The summed E-state index contributed by atoms with van der Waals surface area (Å²) in [5.41, 5.74) is 8.39. The van der Waals surface area contributed by atoms with Crippen molar-refractivity contribution in [2.75, 3.05) is 0 Å². The van der Waals surface area contributed by atoms with Gasteiger partial charge in [-0.05, 0) is 29.1 Å². The van der Waals surface area contributed by atoms with Gasteiger partial charge < -0.3 is 15.5 Å². The predicted molar refractivity (Wildman–Crippen MR) is 85.0 cm³/mol. The van der Waals surface area contributed by atoms with Crippen molar-refractivity contribution in [3.05, 3.63) is 70.9 Å². The van der Waals surface area contributed by atoms with Crippen LogP contribution in [0.3, 0.4) is 0 Å². The molecule has 1 heterocycles. The third-order valence-corrected chi connectivity index (χ3v) is 3.84. The molecular weight excluding hydrogens is 286 g/mol. The lowest BCUT2D eigenvalue weighted by Gasteiger charge is -2.08. The minimum atomic E-state index is 0.0994. The van der Waals surface area contributed by atoms with Gasteiger partial charge in [0.05, 0.1) is 0 Å². The molecule has 0 radical (unpaired) electrons.